The number of hydrogen-bond acceptors (Lipinski definition) is 3. The van der Waals surface area contributed by atoms with Crippen molar-refractivity contribution in [2.24, 2.45) is 0 Å². The van der Waals surface area contributed by atoms with Gasteiger partial charge in [-0.05, 0) is 41.2 Å². The Morgan fingerprint density at radius 1 is 0.605 bits per heavy atom. The van der Waals surface area contributed by atoms with Gasteiger partial charge in [0.2, 0.25) is 0 Å². The third-order valence-corrected chi connectivity index (χ3v) is 7.34. The molecule has 0 saturated carbocycles. The molecule has 38 heavy (non-hydrogen) atoms. The summed E-state index contributed by atoms with van der Waals surface area (Å²) in [6.45, 7) is -0.0889. The molecule has 4 heterocycles. The molecule has 0 amide bonds. The van der Waals surface area contributed by atoms with Crippen LogP contribution in [0.15, 0.2) is 116 Å². The number of fused-ring (bicyclic) bond motifs is 11. The summed E-state index contributed by atoms with van der Waals surface area (Å²) in [6.07, 6.45) is 5.59. The molecule has 6 heteroatoms. The second-order valence-corrected chi connectivity index (χ2v) is 9.34. The van der Waals surface area contributed by atoms with Crippen LogP contribution in [-0.4, -0.2) is 21.6 Å². The van der Waals surface area contributed by atoms with Crippen molar-refractivity contribution in [1.82, 2.24) is 14.8 Å². The van der Waals surface area contributed by atoms with E-state index in [0.717, 1.165) is 27.9 Å². The van der Waals surface area contributed by atoms with Gasteiger partial charge in [0.1, 0.15) is 0 Å². The quantitative estimate of drug-likeness (QED) is 0.204. The van der Waals surface area contributed by atoms with Gasteiger partial charge in [0, 0.05) is 30.0 Å². The topological polar surface area (TPSA) is 34.0 Å². The molecule has 4 aromatic carbocycles. The van der Waals surface area contributed by atoms with E-state index in [1.807, 2.05) is 41.3 Å². The molecule has 0 fully saturated rings. The van der Waals surface area contributed by atoms with Crippen molar-refractivity contribution in [3.05, 3.63) is 128 Å². The van der Waals surface area contributed by atoms with Crippen molar-refractivity contribution in [2.75, 3.05) is 4.81 Å². The van der Waals surface area contributed by atoms with Crippen LogP contribution in [0.25, 0.3) is 39.2 Å². The molecular formula is C32H19BN4Pd. The summed E-state index contributed by atoms with van der Waals surface area (Å²) >= 11 is 0. The van der Waals surface area contributed by atoms with Crippen LogP contribution < -0.4 is 15.7 Å². The van der Waals surface area contributed by atoms with E-state index in [1.165, 1.54) is 33.6 Å². The fourth-order valence-electron chi connectivity index (χ4n) is 5.76. The molecule has 6 aromatic rings. The monoisotopic (exact) mass is 576 g/mol. The van der Waals surface area contributed by atoms with Crippen molar-refractivity contribution >= 4 is 29.1 Å². The number of anilines is 2. The van der Waals surface area contributed by atoms with Crippen LogP contribution in [0, 0.1) is 12.1 Å². The van der Waals surface area contributed by atoms with Gasteiger partial charge < -0.3 is 9.79 Å². The molecular weight excluding hydrogens is 558 g/mol. The zero-order valence-electron chi connectivity index (χ0n) is 20.2. The average molecular weight is 577 g/mol. The maximum atomic E-state index is 4.61. The summed E-state index contributed by atoms with van der Waals surface area (Å²) in [6, 6.07) is 41.5. The third-order valence-electron chi connectivity index (χ3n) is 7.34. The van der Waals surface area contributed by atoms with Gasteiger partial charge in [-0.2, -0.15) is 22.7 Å². The fraction of sp³-hybridized carbons (Fsp3) is 0. The molecule has 180 valence electrons. The van der Waals surface area contributed by atoms with Crippen LogP contribution in [0.4, 0.5) is 11.4 Å². The van der Waals surface area contributed by atoms with Gasteiger partial charge in [-0.3, -0.25) is 4.68 Å². The number of hydrogen-bond donors (Lipinski definition) is 0. The normalized spacial score (nSPS) is 12.4. The van der Waals surface area contributed by atoms with E-state index in [0.29, 0.717) is 0 Å². The summed E-state index contributed by atoms with van der Waals surface area (Å²) in [7, 11) is 0. The van der Waals surface area contributed by atoms with Crippen LogP contribution in [-0.2, 0) is 20.4 Å². The largest absolute Gasteiger partial charge is 2.00 e. The molecule has 0 bridgehead atoms. The van der Waals surface area contributed by atoms with Crippen LogP contribution >= 0.6 is 0 Å². The maximum Gasteiger partial charge on any atom is 2.00 e. The Morgan fingerprint density at radius 2 is 1.29 bits per heavy atom. The molecule has 0 saturated heterocycles. The van der Waals surface area contributed by atoms with Gasteiger partial charge in [-0.1, -0.05) is 54.1 Å². The van der Waals surface area contributed by atoms with Crippen molar-refractivity contribution in [3.63, 3.8) is 0 Å². The first-order chi connectivity index (χ1) is 18.4. The minimum Gasteiger partial charge on any atom is -0.381 e. The first-order valence-corrected chi connectivity index (χ1v) is 12.4. The fourth-order valence-corrected chi connectivity index (χ4v) is 5.76. The third kappa shape index (κ3) is 3.35. The van der Waals surface area contributed by atoms with E-state index in [1.54, 1.807) is 6.20 Å². The van der Waals surface area contributed by atoms with Crippen molar-refractivity contribution in [2.45, 2.75) is 0 Å². The Balaban J connectivity index is 0.00000242. The van der Waals surface area contributed by atoms with Gasteiger partial charge in [0.15, 0.2) is 0 Å². The Hall–Kier alpha value is -4.23. The molecule has 0 aliphatic carbocycles. The van der Waals surface area contributed by atoms with Crippen molar-refractivity contribution in [3.8, 4) is 39.2 Å². The predicted molar refractivity (Wildman–Crippen MR) is 149 cm³/mol. The van der Waals surface area contributed by atoms with E-state index < -0.39 is 0 Å². The zero-order chi connectivity index (χ0) is 24.3. The minimum atomic E-state index is -0.0889. The Labute approximate surface area is 235 Å². The second-order valence-electron chi connectivity index (χ2n) is 9.34. The van der Waals surface area contributed by atoms with Gasteiger partial charge >= 0.3 is 20.4 Å². The van der Waals surface area contributed by atoms with Gasteiger partial charge in [0.05, 0.1) is 0 Å². The standard InChI is InChI=1S/C32H19BN4.Pd/c1-3-11-31-26(8-1)24-15-13-22(30-10-5-6-17-34-30)20-28(24)33-29-21-23(36-19-7-18-35-36)14-16-25(29)27-9-2-4-12-32(27)37(31)33;/h1-19H;/q-2;+2. The SMILES string of the molecule is [Pd+2].[c-]1c(-c2ccccn2)ccc2c1B1c3[c-]c(-n4cccn4)ccc3-c3ccccc3N1c1ccccc1-2. The number of rotatable bonds is 2. The predicted octanol–water partition coefficient (Wildman–Crippen LogP) is 5.44. The number of pyridine rings is 1. The molecule has 0 unspecified atom stereocenters. The molecule has 4 nitrogen and oxygen atoms in total. The second kappa shape index (κ2) is 8.95. The summed E-state index contributed by atoms with van der Waals surface area (Å²) in [5.41, 5.74) is 12.3. The van der Waals surface area contributed by atoms with E-state index in [-0.39, 0.29) is 27.3 Å². The Bertz CT molecular complexity index is 1800. The number of nitrogens with zero attached hydrogens (tertiary/aromatic N) is 4. The molecule has 8 rings (SSSR count). The van der Waals surface area contributed by atoms with E-state index in [9.17, 15) is 0 Å². The summed E-state index contributed by atoms with van der Waals surface area (Å²) < 4.78 is 1.87. The number of aromatic nitrogens is 3. The first kappa shape index (κ1) is 22.9. The van der Waals surface area contributed by atoms with Crippen LogP contribution in [0.2, 0.25) is 0 Å². The number of benzene rings is 4. The van der Waals surface area contributed by atoms with Crippen LogP contribution in [0.3, 0.4) is 0 Å². The Morgan fingerprint density at radius 3 is 1.97 bits per heavy atom. The molecule has 2 aliphatic rings. The average Bonchev–Trinajstić information content (AvgIpc) is 3.52. The van der Waals surface area contributed by atoms with Gasteiger partial charge in [-0.15, -0.1) is 46.4 Å². The maximum absolute atomic E-state index is 4.61. The Kier molecular flexibility index (Phi) is 5.40. The molecule has 0 spiro atoms. The first-order valence-electron chi connectivity index (χ1n) is 12.4. The smallest absolute Gasteiger partial charge is 0.381 e. The van der Waals surface area contributed by atoms with Crippen LogP contribution in [0.1, 0.15) is 0 Å². The molecule has 0 N–H and O–H groups in total. The van der Waals surface area contributed by atoms with Gasteiger partial charge in [-0.25, -0.2) is 0 Å². The molecule has 2 aliphatic heterocycles. The van der Waals surface area contributed by atoms with Gasteiger partial charge in [0.25, 0.3) is 6.85 Å². The summed E-state index contributed by atoms with van der Waals surface area (Å²) in [5, 5.41) is 4.47. The van der Waals surface area contributed by atoms with E-state index in [2.05, 4.69) is 99.8 Å². The van der Waals surface area contributed by atoms with Crippen molar-refractivity contribution < 1.29 is 20.4 Å². The molecule has 0 radical (unpaired) electrons. The van der Waals surface area contributed by atoms with Crippen molar-refractivity contribution in [1.29, 1.82) is 0 Å². The van der Waals surface area contributed by atoms with E-state index in [4.69, 9.17) is 0 Å². The zero-order valence-corrected chi connectivity index (χ0v) is 21.7. The molecule has 0 atom stereocenters. The number of para-hydroxylation sites is 2. The van der Waals surface area contributed by atoms with Crippen LogP contribution in [0.5, 0.6) is 0 Å². The minimum absolute atomic E-state index is 0. The summed E-state index contributed by atoms with van der Waals surface area (Å²) in [5.74, 6) is 0. The van der Waals surface area contributed by atoms with E-state index >= 15 is 0 Å². The summed E-state index contributed by atoms with van der Waals surface area (Å²) in [4.78, 5) is 7.07. The molecule has 2 aromatic heterocycles.